The monoisotopic (exact) mass is 203 g/mol. The standard InChI is InChI=1S/C13H17NO/c1-13(2,3)12(15)10-8-14-11-7-5-4-6-9(10)11/h4-7,10,14H,8H2,1-3H3. The Balaban J connectivity index is 2.32. The van der Waals surface area contributed by atoms with E-state index in [4.69, 9.17) is 0 Å². The maximum atomic E-state index is 12.2. The van der Waals surface area contributed by atoms with Gasteiger partial charge in [-0.05, 0) is 11.6 Å². The fraction of sp³-hybridized carbons (Fsp3) is 0.462. The number of carbonyl (C=O) groups is 1. The number of fused-ring (bicyclic) bond motifs is 1. The summed E-state index contributed by atoms with van der Waals surface area (Å²) in [4.78, 5) is 12.2. The van der Waals surface area contributed by atoms with Crippen molar-refractivity contribution < 1.29 is 4.79 Å². The van der Waals surface area contributed by atoms with Crippen LogP contribution in [0.1, 0.15) is 32.3 Å². The third-order valence-electron chi connectivity index (χ3n) is 2.89. The molecule has 0 aliphatic carbocycles. The Labute approximate surface area is 90.7 Å². The van der Waals surface area contributed by atoms with Gasteiger partial charge in [0.2, 0.25) is 0 Å². The first-order valence-electron chi connectivity index (χ1n) is 5.37. The fourth-order valence-electron chi connectivity index (χ4n) is 2.04. The zero-order valence-corrected chi connectivity index (χ0v) is 9.50. The van der Waals surface area contributed by atoms with Crippen LogP contribution in [0.25, 0.3) is 0 Å². The molecule has 1 unspecified atom stereocenters. The van der Waals surface area contributed by atoms with Gasteiger partial charge in [0, 0.05) is 17.6 Å². The number of nitrogens with one attached hydrogen (secondary N) is 1. The van der Waals surface area contributed by atoms with Gasteiger partial charge in [-0.1, -0.05) is 39.0 Å². The molecule has 1 aromatic rings. The van der Waals surface area contributed by atoms with E-state index in [0.29, 0.717) is 5.78 Å². The molecule has 0 saturated heterocycles. The molecule has 2 heteroatoms. The summed E-state index contributed by atoms with van der Waals surface area (Å²) in [6, 6.07) is 8.07. The van der Waals surface area contributed by atoms with Crippen LogP contribution in [0.3, 0.4) is 0 Å². The van der Waals surface area contributed by atoms with Crippen molar-refractivity contribution in [3.8, 4) is 0 Å². The van der Waals surface area contributed by atoms with Gasteiger partial charge in [0.05, 0.1) is 5.92 Å². The Morgan fingerprint density at radius 3 is 2.67 bits per heavy atom. The number of para-hydroxylation sites is 1. The average molecular weight is 203 g/mol. The summed E-state index contributed by atoms with van der Waals surface area (Å²) in [5, 5.41) is 3.28. The lowest BCUT2D eigenvalue weighted by atomic mass is 9.81. The van der Waals surface area contributed by atoms with Crippen LogP contribution in [-0.4, -0.2) is 12.3 Å². The molecule has 0 amide bonds. The van der Waals surface area contributed by atoms with Crippen molar-refractivity contribution in [2.45, 2.75) is 26.7 Å². The third kappa shape index (κ3) is 1.76. The lowest BCUT2D eigenvalue weighted by Crippen LogP contribution is -2.27. The Bertz CT molecular complexity index is 390. The van der Waals surface area contributed by atoms with Crippen molar-refractivity contribution in [2.24, 2.45) is 5.41 Å². The van der Waals surface area contributed by atoms with Gasteiger partial charge in [-0.15, -0.1) is 0 Å². The van der Waals surface area contributed by atoms with Gasteiger partial charge >= 0.3 is 0 Å². The maximum Gasteiger partial charge on any atom is 0.147 e. The van der Waals surface area contributed by atoms with Crippen LogP contribution < -0.4 is 5.32 Å². The van der Waals surface area contributed by atoms with Gasteiger partial charge in [0.15, 0.2) is 0 Å². The van der Waals surface area contributed by atoms with Crippen molar-refractivity contribution in [3.63, 3.8) is 0 Å². The van der Waals surface area contributed by atoms with E-state index in [2.05, 4.69) is 5.32 Å². The summed E-state index contributed by atoms with van der Waals surface area (Å²) in [7, 11) is 0. The van der Waals surface area contributed by atoms with E-state index in [1.165, 1.54) is 0 Å². The average Bonchev–Trinajstić information content (AvgIpc) is 2.58. The molecule has 1 heterocycles. The third-order valence-corrected chi connectivity index (χ3v) is 2.89. The Morgan fingerprint density at radius 1 is 1.33 bits per heavy atom. The topological polar surface area (TPSA) is 29.1 Å². The smallest absolute Gasteiger partial charge is 0.147 e. The number of hydrogen-bond donors (Lipinski definition) is 1. The molecule has 0 fully saturated rings. The highest BCUT2D eigenvalue weighted by atomic mass is 16.1. The normalized spacial score (nSPS) is 19.5. The van der Waals surface area contributed by atoms with Gasteiger partial charge in [0.1, 0.15) is 5.78 Å². The van der Waals surface area contributed by atoms with Gasteiger partial charge in [0.25, 0.3) is 0 Å². The van der Waals surface area contributed by atoms with E-state index < -0.39 is 0 Å². The molecule has 2 rings (SSSR count). The summed E-state index contributed by atoms with van der Waals surface area (Å²) in [6.07, 6.45) is 0. The lowest BCUT2D eigenvalue weighted by Gasteiger charge is -2.21. The van der Waals surface area contributed by atoms with Crippen molar-refractivity contribution in [2.75, 3.05) is 11.9 Å². The lowest BCUT2D eigenvalue weighted by molar-refractivity contribution is -0.127. The molecule has 80 valence electrons. The summed E-state index contributed by atoms with van der Waals surface area (Å²) in [5.41, 5.74) is 2.00. The predicted octanol–water partition coefficient (Wildman–Crippen LogP) is 2.81. The minimum absolute atomic E-state index is 0.0289. The molecule has 0 aromatic heterocycles. The van der Waals surface area contributed by atoms with E-state index in [1.807, 2.05) is 45.0 Å². The van der Waals surface area contributed by atoms with Crippen molar-refractivity contribution >= 4 is 11.5 Å². The van der Waals surface area contributed by atoms with E-state index >= 15 is 0 Å². The Kier molecular flexibility index (Phi) is 2.29. The number of hydrogen-bond acceptors (Lipinski definition) is 2. The molecule has 1 N–H and O–H groups in total. The highest BCUT2D eigenvalue weighted by molar-refractivity contribution is 5.93. The summed E-state index contributed by atoms with van der Waals surface area (Å²) < 4.78 is 0. The first kappa shape index (κ1) is 10.2. The largest absolute Gasteiger partial charge is 0.384 e. The van der Waals surface area contributed by atoms with Crippen LogP contribution in [-0.2, 0) is 4.79 Å². The number of benzene rings is 1. The molecule has 1 aliphatic rings. The van der Waals surface area contributed by atoms with Crippen LogP contribution in [0.4, 0.5) is 5.69 Å². The van der Waals surface area contributed by atoms with Gasteiger partial charge in [-0.2, -0.15) is 0 Å². The van der Waals surface area contributed by atoms with Crippen LogP contribution in [0.15, 0.2) is 24.3 Å². The molecule has 1 atom stereocenters. The molecule has 15 heavy (non-hydrogen) atoms. The van der Waals surface area contributed by atoms with Crippen LogP contribution in [0, 0.1) is 5.41 Å². The summed E-state index contributed by atoms with van der Waals surface area (Å²) >= 11 is 0. The van der Waals surface area contributed by atoms with Gasteiger partial charge < -0.3 is 5.32 Å². The number of Topliss-reactive ketones (excluding diaryl/α,β-unsaturated/α-hetero) is 1. The highest BCUT2D eigenvalue weighted by Crippen LogP contribution is 2.35. The molecular formula is C13H17NO. The second-order valence-electron chi connectivity index (χ2n) is 5.13. The van der Waals surface area contributed by atoms with E-state index in [0.717, 1.165) is 17.8 Å². The molecule has 0 bridgehead atoms. The van der Waals surface area contributed by atoms with Gasteiger partial charge in [-0.25, -0.2) is 0 Å². The molecule has 1 aromatic carbocycles. The second kappa shape index (κ2) is 3.37. The van der Waals surface area contributed by atoms with E-state index in [1.54, 1.807) is 0 Å². The maximum absolute atomic E-state index is 12.2. The van der Waals surface area contributed by atoms with Crippen molar-refractivity contribution in [3.05, 3.63) is 29.8 Å². The quantitative estimate of drug-likeness (QED) is 0.760. The van der Waals surface area contributed by atoms with Crippen LogP contribution in [0.5, 0.6) is 0 Å². The molecular weight excluding hydrogens is 186 g/mol. The molecule has 1 aliphatic heterocycles. The summed E-state index contributed by atoms with van der Waals surface area (Å²) in [5.74, 6) is 0.348. The van der Waals surface area contributed by atoms with Crippen LogP contribution in [0.2, 0.25) is 0 Å². The second-order valence-corrected chi connectivity index (χ2v) is 5.13. The summed E-state index contributed by atoms with van der Waals surface area (Å²) in [6.45, 7) is 6.69. The predicted molar refractivity (Wildman–Crippen MR) is 62.1 cm³/mol. The number of ketones is 1. The highest BCUT2D eigenvalue weighted by Gasteiger charge is 2.34. The number of rotatable bonds is 1. The first-order chi connectivity index (χ1) is 7.00. The van der Waals surface area contributed by atoms with E-state index in [9.17, 15) is 4.79 Å². The van der Waals surface area contributed by atoms with Crippen molar-refractivity contribution in [1.82, 2.24) is 0 Å². The molecule has 2 nitrogen and oxygen atoms in total. The minimum Gasteiger partial charge on any atom is -0.384 e. The Morgan fingerprint density at radius 2 is 2.00 bits per heavy atom. The Hall–Kier alpha value is -1.31. The minimum atomic E-state index is -0.260. The molecule has 0 radical (unpaired) electrons. The number of carbonyl (C=O) groups excluding carboxylic acids is 1. The van der Waals surface area contributed by atoms with Crippen LogP contribution >= 0.6 is 0 Å². The van der Waals surface area contributed by atoms with Crippen molar-refractivity contribution in [1.29, 1.82) is 0 Å². The molecule has 0 spiro atoms. The van der Waals surface area contributed by atoms with E-state index in [-0.39, 0.29) is 11.3 Å². The molecule has 0 saturated carbocycles. The zero-order chi connectivity index (χ0) is 11.1. The zero-order valence-electron chi connectivity index (χ0n) is 9.50. The SMILES string of the molecule is CC(C)(C)C(=O)C1CNc2ccccc21. The number of anilines is 1. The first-order valence-corrected chi connectivity index (χ1v) is 5.37. The van der Waals surface area contributed by atoms with Gasteiger partial charge in [-0.3, -0.25) is 4.79 Å². The fourth-order valence-corrected chi connectivity index (χ4v) is 2.04.